The second-order valence-corrected chi connectivity index (χ2v) is 8.43. The molecule has 6 rings (SSSR count). The predicted octanol–water partition coefficient (Wildman–Crippen LogP) is 5.01. The van der Waals surface area contributed by atoms with Crippen LogP contribution in [-0.4, -0.2) is 33.9 Å². The Hall–Kier alpha value is -3.11. The normalized spacial score (nSPS) is 15.5. The summed E-state index contributed by atoms with van der Waals surface area (Å²) >= 11 is 0. The lowest BCUT2D eigenvalue weighted by molar-refractivity contribution is -0.647. The van der Waals surface area contributed by atoms with Crippen LogP contribution in [0.15, 0.2) is 72.9 Å². The van der Waals surface area contributed by atoms with E-state index in [9.17, 15) is 0 Å². The summed E-state index contributed by atoms with van der Waals surface area (Å²) in [5.41, 5.74) is 4.97. The second kappa shape index (κ2) is 7.29. The van der Waals surface area contributed by atoms with Gasteiger partial charge in [0.05, 0.1) is 6.54 Å². The number of rotatable bonds is 4. The molecule has 0 unspecified atom stereocenters. The van der Waals surface area contributed by atoms with Gasteiger partial charge in [0.25, 0.3) is 0 Å². The van der Waals surface area contributed by atoms with Crippen LogP contribution < -0.4 is 4.57 Å². The highest BCUT2D eigenvalue weighted by Gasteiger charge is 2.22. The van der Waals surface area contributed by atoms with Gasteiger partial charge in [-0.25, -0.2) is 9.55 Å². The number of aromatic amines is 1. The minimum Gasteiger partial charge on any atom is -0.300 e. The van der Waals surface area contributed by atoms with E-state index in [1.54, 1.807) is 0 Å². The summed E-state index contributed by atoms with van der Waals surface area (Å²) in [4.78, 5) is 6.37. The van der Waals surface area contributed by atoms with Crippen molar-refractivity contribution in [2.45, 2.75) is 25.8 Å². The van der Waals surface area contributed by atoms with E-state index in [0.717, 1.165) is 18.9 Å². The Kier molecular flexibility index (Phi) is 4.31. The summed E-state index contributed by atoms with van der Waals surface area (Å²) in [6, 6.07) is 23.9. The Bertz CT molecular complexity index is 1330. The molecule has 0 radical (unpaired) electrons. The number of para-hydroxylation sites is 2. The van der Waals surface area contributed by atoms with Gasteiger partial charge in [-0.05, 0) is 48.8 Å². The summed E-state index contributed by atoms with van der Waals surface area (Å²) < 4.78 is 4.78. The monoisotopic (exact) mass is 395 g/mol. The molecule has 0 saturated carbocycles. The first-order chi connectivity index (χ1) is 14.9. The molecule has 3 aromatic carbocycles. The average molecular weight is 396 g/mol. The molecule has 0 amide bonds. The zero-order chi connectivity index (χ0) is 19.9. The molecule has 1 fully saturated rings. The molecular weight excluding hydrogens is 368 g/mol. The van der Waals surface area contributed by atoms with Gasteiger partial charge in [-0.2, -0.15) is 4.40 Å². The molecule has 4 heteroatoms. The van der Waals surface area contributed by atoms with E-state index in [1.807, 2.05) is 0 Å². The molecule has 1 aliphatic heterocycles. The van der Waals surface area contributed by atoms with E-state index >= 15 is 0 Å². The molecule has 0 atom stereocenters. The van der Waals surface area contributed by atoms with Crippen LogP contribution in [0.4, 0.5) is 0 Å². The molecular formula is C26H27N4+. The number of fused-ring (bicyclic) bond motifs is 4. The molecule has 4 nitrogen and oxygen atoms in total. The van der Waals surface area contributed by atoms with E-state index < -0.39 is 0 Å². The van der Waals surface area contributed by atoms with Gasteiger partial charge in [-0.1, -0.05) is 61.0 Å². The fourth-order valence-electron chi connectivity index (χ4n) is 5.04. The maximum Gasteiger partial charge on any atom is 0.368 e. The van der Waals surface area contributed by atoms with Gasteiger partial charge >= 0.3 is 5.78 Å². The molecule has 1 aliphatic rings. The molecule has 30 heavy (non-hydrogen) atoms. The Labute approximate surface area is 176 Å². The van der Waals surface area contributed by atoms with Crippen molar-refractivity contribution in [1.29, 1.82) is 0 Å². The number of nitrogens with one attached hydrogen (secondary N) is 1. The summed E-state index contributed by atoms with van der Waals surface area (Å²) in [5, 5.41) is 2.56. The zero-order valence-corrected chi connectivity index (χ0v) is 17.2. The van der Waals surface area contributed by atoms with Crippen molar-refractivity contribution in [3.8, 4) is 11.3 Å². The molecule has 150 valence electrons. The molecule has 2 aromatic heterocycles. The van der Waals surface area contributed by atoms with Gasteiger partial charge in [-0.15, -0.1) is 0 Å². The summed E-state index contributed by atoms with van der Waals surface area (Å²) in [6.45, 7) is 4.59. The van der Waals surface area contributed by atoms with Gasteiger partial charge in [0, 0.05) is 12.1 Å². The van der Waals surface area contributed by atoms with Crippen molar-refractivity contribution in [3.05, 3.63) is 72.9 Å². The Morgan fingerprint density at radius 3 is 2.57 bits per heavy atom. The summed E-state index contributed by atoms with van der Waals surface area (Å²) in [6.07, 6.45) is 6.32. The van der Waals surface area contributed by atoms with Crippen LogP contribution in [0.5, 0.6) is 0 Å². The third-order valence-corrected chi connectivity index (χ3v) is 6.59. The van der Waals surface area contributed by atoms with Crippen LogP contribution in [0.1, 0.15) is 19.3 Å². The largest absolute Gasteiger partial charge is 0.368 e. The maximum atomic E-state index is 3.76. The van der Waals surface area contributed by atoms with Crippen LogP contribution in [0, 0.1) is 0 Å². The highest BCUT2D eigenvalue weighted by atomic mass is 15.2. The SMILES string of the molecule is c1ccc2c(-c3cn4c5ccccc5[n+](CCN5CCCCC5)c4[nH]3)cccc2c1. The smallest absolute Gasteiger partial charge is 0.300 e. The van der Waals surface area contributed by atoms with E-state index in [2.05, 4.69) is 91.8 Å². The van der Waals surface area contributed by atoms with Crippen molar-refractivity contribution in [1.82, 2.24) is 14.3 Å². The van der Waals surface area contributed by atoms with E-state index in [4.69, 9.17) is 0 Å². The molecule has 0 aliphatic carbocycles. The summed E-state index contributed by atoms with van der Waals surface area (Å²) in [7, 11) is 0. The second-order valence-electron chi connectivity index (χ2n) is 8.43. The third kappa shape index (κ3) is 2.91. The highest BCUT2D eigenvalue weighted by molar-refractivity contribution is 5.96. The minimum atomic E-state index is 1.01. The van der Waals surface area contributed by atoms with Gasteiger partial charge in [0.15, 0.2) is 0 Å². The number of aromatic nitrogens is 3. The Balaban J connectivity index is 1.47. The van der Waals surface area contributed by atoms with Gasteiger partial charge in [-0.3, -0.25) is 0 Å². The standard InChI is InChI=1S/C26H26N4/c1-6-15-28(16-7-1)17-18-29-24-13-4-5-14-25(24)30-19-23(27-26(29)30)22-12-8-10-20-9-2-3-11-21(20)22/h2-5,8-14,19H,1,6-7,15-18H2/p+1. The molecule has 0 bridgehead atoms. The number of imidazole rings is 2. The number of benzene rings is 3. The topological polar surface area (TPSA) is 27.3 Å². The minimum absolute atomic E-state index is 1.01. The van der Waals surface area contributed by atoms with Crippen molar-refractivity contribution < 1.29 is 4.57 Å². The molecule has 1 N–H and O–H groups in total. The van der Waals surface area contributed by atoms with Crippen LogP contribution in [-0.2, 0) is 6.54 Å². The first-order valence-corrected chi connectivity index (χ1v) is 11.1. The van der Waals surface area contributed by atoms with Crippen LogP contribution in [0.3, 0.4) is 0 Å². The first-order valence-electron chi connectivity index (χ1n) is 11.1. The molecule has 5 aromatic rings. The fraction of sp³-hybridized carbons (Fsp3) is 0.269. The lowest BCUT2D eigenvalue weighted by atomic mass is 10.0. The van der Waals surface area contributed by atoms with Crippen LogP contribution in [0.2, 0.25) is 0 Å². The van der Waals surface area contributed by atoms with Crippen molar-refractivity contribution in [3.63, 3.8) is 0 Å². The van der Waals surface area contributed by atoms with Crippen LogP contribution in [0.25, 0.3) is 38.8 Å². The predicted molar refractivity (Wildman–Crippen MR) is 123 cm³/mol. The van der Waals surface area contributed by atoms with Crippen LogP contribution >= 0.6 is 0 Å². The highest BCUT2D eigenvalue weighted by Crippen LogP contribution is 2.29. The Morgan fingerprint density at radius 2 is 1.63 bits per heavy atom. The number of piperidine rings is 1. The maximum absolute atomic E-state index is 3.76. The fourth-order valence-corrected chi connectivity index (χ4v) is 5.04. The zero-order valence-electron chi connectivity index (χ0n) is 17.2. The van der Waals surface area contributed by atoms with E-state index in [-0.39, 0.29) is 0 Å². The van der Waals surface area contributed by atoms with Crippen molar-refractivity contribution >= 4 is 27.6 Å². The van der Waals surface area contributed by atoms with Gasteiger partial charge < -0.3 is 4.90 Å². The summed E-state index contributed by atoms with van der Waals surface area (Å²) in [5.74, 6) is 1.16. The van der Waals surface area contributed by atoms with Gasteiger partial charge in [0.2, 0.25) is 0 Å². The number of hydrogen-bond acceptors (Lipinski definition) is 1. The first kappa shape index (κ1) is 17.7. The lowest BCUT2D eigenvalue weighted by Crippen LogP contribution is -2.42. The van der Waals surface area contributed by atoms with E-state index in [1.165, 1.54) is 65.4 Å². The van der Waals surface area contributed by atoms with Crippen molar-refractivity contribution in [2.75, 3.05) is 19.6 Å². The Morgan fingerprint density at radius 1 is 0.833 bits per heavy atom. The third-order valence-electron chi connectivity index (χ3n) is 6.59. The van der Waals surface area contributed by atoms with E-state index in [0.29, 0.717) is 0 Å². The number of hydrogen-bond donors (Lipinski definition) is 1. The molecule has 0 spiro atoms. The quantitative estimate of drug-likeness (QED) is 0.425. The number of H-pyrrole nitrogens is 1. The average Bonchev–Trinajstić information content (AvgIpc) is 3.36. The number of nitrogens with zero attached hydrogens (tertiary/aromatic N) is 3. The number of likely N-dealkylation sites (tertiary alicyclic amines) is 1. The molecule has 3 heterocycles. The lowest BCUT2D eigenvalue weighted by Gasteiger charge is -2.25. The van der Waals surface area contributed by atoms with Crippen molar-refractivity contribution in [2.24, 2.45) is 0 Å². The van der Waals surface area contributed by atoms with Gasteiger partial charge in [0.1, 0.15) is 22.9 Å². The molecule has 1 saturated heterocycles.